The van der Waals surface area contributed by atoms with Crippen molar-refractivity contribution in [3.63, 3.8) is 0 Å². The first-order chi connectivity index (χ1) is 12.4. The Balaban J connectivity index is 2.06. The van der Waals surface area contributed by atoms with Crippen LogP contribution in [0.15, 0.2) is 42.5 Å². The molecule has 2 amide bonds. The highest BCUT2D eigenvalue weighted by atomic mass is 19.1. The molecule has 8 heteroatoms. The maximum Gasteiger partial charge on any atom is 0.255 e. The highest BCUT2D eigenvalue weighted by Crippen LogP contribution is 2.28. The number of methoxy groups -OCH3 is 1. The van der Waals surface area contributed by atoms with Crippen LogP contribution < -0.4 is 20.5 Å². The zero-order valence-corrected chi connectivity index (χ0v) is 13.8. The second kappa shape index (κ2) is 8.61. The average Bonchev–Trinajstić information content (AvgIpc) is 2.60. The van der Waals surface area contributed by atoms with Crippen LogP contribution in [0.2, 0.25) is 0 Å². The molecule has 2 rings (SSSR count). The Morgan fingerprint density at radius 3 is 2.58 bits per heavy atom. The number of hydrogen-bond donors (Lipinski definition) is 2. The Bertz CT molecular complexity index is 853. The van der Waals surface area contributed by atoms with Gasteiger partial charge in [0.2, 0.25) is 5.91 Å². The number of amides is 2. The molecule has 0 aliphatic rings. The van der Waals surface area contributed by atoms with E-state index in [4.69, 9.17) is 15.2 Å². The van der Waals surface area contributed by atoms with Gasteiger partial charge in [-0.05, 0) is 35.9 Å². The molecule has 2 aromatic carbocycles. The standard InChI is InChI=1S/C18H16F2N2O4/c1-25-16-8-11(2-6-15(16)26-10-17(21)23)3-7-18(24)22-14-5-4-12(19)9-13(14)20/h2-9H,10H2,1H3,(H2,21,23)(H,22,24)/b7-3+. The molecule has 0 atom stereocenters. The summed E-state index contributed by atoms with van der Waals surface area (Å²) >= 11 is 0. The minimum absolute atomic E-state index is 0.131. The number of nitrogens with one attached hydrogen (secondary N) is 1. The summed E-state index contributed by atoms with van der Waals surface area (Å²) in [6, 6.07) is 7.61. The molecule has 0 saturated carbocycles. The molecular formula is C18H16F2N2O4. The molecule has 0 bridgehead atoms. The zero-order valence-electron chi connectivity index (χ0n) is 13.8. The number of halogens is 2. The summed E-state index contributed by atoms with van der Waals surface area (Å²) < 4.78 is 36.7. The van der Waals surface area contributed by atoms with E-state index in [9.17, 15) is 18.4 Å². The summed E-state index contributed by atoms with van der Waals surface area (Å²) in [4.78, 5) is 22.6. The van der Waals surface area contributed by atoms with Crippen molar-refractivity contribution in [1.82, 2.24) is 0 Å². The van der Waals surface area contributed by atoms with Gasteiger partial charge in [0.1, 0.15) is 11.6 Å². The maximum atomic E-state index is 13.5. The number of anilines is 1. The van der Waals surface area contributed by atoms with Crippen molar-refractivity contribution >= 4 is 23.6 Å². The molecule has 0 heterocycles. The number of hydrogen-bond acceptors (Lipinski definition) is 4. The number of primary amides is 1. The second-order valence-corrected chi connectivity index (χ2v) is 5.11. The van der Waals surface area contributed by atoms with Crippen LogP contribution in [0.25, 0.3) is 6.08 Å². The summed E-state index contributed by atoms with van der Waals surface area (Å²) in [5.74, 6) is -2.16. The van der Waals surface area contributed by atoms with Crippen molar-refractivity contribution in [2.24, 2.45) is 5.73 Å². The molecule has 26 heavy (non-hydrogen) atoms. The molecule has 0 aromatic heterocycles. The topological polar surface area (TPSA) is 90.7 Å². The molecule has 0 fully saturated rings. The lowest BCUT2D eigenvalue weighted by Crippen LogP contribution is -2.20. The fraction of sp³-hybridized carbons (Fsp3) is 0.111. The molecule has 0 unspecified atom stereocenters. The summed E-state index contributed by atoms with van der Waals surface area (Å²) in [7, 11) is 1.42. The second-order valence-electron chi connectivity index (χ2n) is 5.11. The Kier molecular flexibility index (Phi) is 6.26. The van der Waals surface area contributed by atoms with Crippen molar-refractivity contribution in [3.05, 3.63) is 59.7 Å². The van der Waals surface area contributed by atoms with Crippen LogP contribution in [0.5, 0.6) is 11.5 Å². The van der Waals surface area contributed by atoms with E-state index in [1.807, 2.05) is 0 Å². The molecule has 0 spiro atoms. The van der Waals surface area contributed by atoms with Crippen LogP contribution in [0, 0.1) is 11.6 Å². The van der Waals surface area contributed by atoms with Crippen molar-refractivity contribution in [2.45, 2.75) is 0 Å². The van der Waals surface area contributed by atoms with Crippen molar-refractivity contribution < 1.29 is 27.8 Å². The molecule has 0 aliphatic carbocycles. The van der Waals surface area contributed by atoms with Gasteiger partial charge in [-0.15, -0.1) is 0 Å². The van der Waals surface area contributed by atoms with E-state index in [0.29, 0.717) is 23.1 Å². The van der Waals surface area contributed by atoms with Crippen LogP contribution in [0.1, 0.15) is 5.56 Å². The minimum Gasteiger partial charge on any atom is -0.493 e. The lowest BCUT2D eigenvalue weighted by Gasteiger charge is -2.10. The van der Waals surface area contributed by atoms with Gasteiger partial charge in [-0.3, -0.25) is 9.59 Å². The first-order valence-electron chi connectivity index (χ1n) is 7.42. The molecule has 3 N–H and O–H groups in total. The van der Waals surface area contributed by atoms with E-state index in [0.717, 1.165) is 12.1 Å². The fourth-order valence-electron chi connectivity index (χ4n) is 1.99. The monoisotopic (exact) mass is 362 g/mol. The number of ether oxygens (including phenoxy) is 2. The third-order valence-corrected chi connectivity index (χ3v) is 3.17. The van der Waals surface area contributed by atoms with Gasteiger partial charge in [0.15, 0.2) is 18.1 Å². The van der Waals surface area contributed by atoms with Crippen LogP contribution in [0.3, 0.4) is 0 Å². The van der Waals surface area contributed by atoms with E-state index in [1.165, 1.54) is 19.3 Å². The van der Waals surface area contributed by atoms with Gasteiger partial charge >= 0.3 is 0 Å². The number of carbonyl (C=O) groups is 2. The SMILES string of the molecule is COc1cc(/C=C/C(=O)Nc2ccc(F)cc2F)ccc1OCC(N)=O. The third kappa shape index (κ3) is 5.30. The molecule has 2 aromatic rings. The minimum atomic E-state index is -0.871. The zero-order chi connectivity index (χ0) is 19.1. The molecule has 0 aliphatic heterocycles. The predicted molar refractivity (Wildman–Crippen MR) is 91.7 cm³/mol. The average molecular weight is 362 g/mol. The van der Waals surface area contributed by atoms with Gasteiger partial charge < -0.3 is 20.5 Å². The van der Waals surface area contributed by atoms with Gasteiger partial charge in [0, 0.05) is 12.1 Å². The van der Waals surface area contributed by atoms with Gasteiger partial charge in [-0.25, -0.2) is 8.78 Å². The highest BCUT2D eigenvalue weighted by molar-refractivity contribution is 6.02. The molecular weight excluding hydrogens is 346 g/mol. The Labute approximate surface area is 148 Å². The van der Waals surface area contributed by atoms with E-state index >= 15 is 0 Å². The number of benzene rings is 2. The molecule has 136 valence electrons. The Morgan fingerprint density at radius 2 is 1.92 bits per heavy atom. The summed E-state index contributed by atoms with van der Waals surface area (Å²) in [6.07, 6.45) is 2.65. The van der Waals surface area contributed by atoms with Crippen molar-refractivity contribution in [3.8, 4) is 11.5 Å². The van der Waals surface area contributed by atoms with E-state index in [2.05, 4.69) is 5.32 Å². The lowest BCUT2D eigenvalue weighted by molar-refractivity contribution is -0.120. The van der Waals surface area contributed by atoms with E-state index in [1.54, 1.807) is 18.2 Å². The summed E-state index contributed by atoms with van der Waals surface area (Å²) in [5, 5.41) is 2.31. The number of carbonyl (C=O) groups excluding carboxylic acids is 2. The Hall–Kier alpha value is -3.42. The van der Waals surface area contributed by atoms with Gasteiger partial charge in [-0.1, -0.05) is 6.07 Å². The van der Waals surface area contributed by atoms with Crippen LogP contribution in [-0.4, -0.2) is 25.5 Å². The van der Waals surface area contributed by atoms with Gasteiger partial charge in [0.25, 0.3) is 5.91 Å². The van der Waals surface area contributed by atoms with Gasteiger partial charge in [0.05, 0.1) is 12.8 Å². The van der Waals surface area contributed by atoms with Crippen molar-refractivity contribution in [1.29, 1.82) is 0 Å². The van der Waals surface area contributed by atoms with E-state index < -0.39 is 23.4 Å². The smallest absolute Gasteiger partial charge is 0.255 e. The normalized spacial score (nSPS) is 10.6. The summed E-state index contributed by atoms with van der Waals surface area (Å²) in [6.45, 7) is -0.294. The predicted octanol–water partition coefficient (Wildman–Crippen LogP) is 2.49. The Morgan fingerprint density at radius 1 is 1.15 bits per heavy atom. The number of nitrogens with two attached hydrogens (primary N) is 1. The largest absolute Gasteiger partial charge is 0.493 e. The molecule has 0 saturated heterocycles. The maximum absolute atomic E-state index is 13.5. The fourth-order valence-corrected chi connectivity index (χ4v) is 1.99. The lowest BCUT2D eigenvalue weighted by atomic mass is 10.2. The highest BCUT2D eigenvalue weighted by Gasteiger charge is 2.08. The molecule has 6 nitrogen and oxygen atoms in total. The van der Waals surface area contributed by atoms with Crippen LogP contribution >= 0.6 is 0 Å². The first kappa shape index (κ1) is 18.9. The van der Waals surface area contributed by atoms with Crippen LogP contribution in [-0.2, 0) is 9.59 Å². The van der Waals surface area contributed by atoms with E-state index in [-0.39, 0.29) is 12.3 Å². The van der Waals surface area contributed by atoms with Crippen LogP contribution in [0.4, 0.5) is 14.5 Å². The van der Waals surface area contributed by atoms with Gasteiger partial charge in [-0.2, -0.15) is 0 Å². The number of rotatable bonds is 7. The van der Waals surface area contributed by atoms with Crippen molar-refractivity contribution in [2.75, 3.05) is 19.0 Å². The quantitative estimate of drug-likeness (QED) is 0.741. The summed E-state index contributed by atoms with van der Waals surface area (Å²) in [5.41, 5.74) is 5.49. The molecule has 0 radical (unpaired) electrons. The first-order valence-corrected chi connectivity index (χ1v) is 7.42. The third-order valence-electron chi connectivity index (χ3n) is 3.17.